The van der Waals surface area contributed by atoms with Gasteiger partial charge in [-0.25, -0.2) is 9.97 Å². The third-order valence-corrected chi connectivity index (χ3v) is 5.94. The van der Waals surface area contributed by atoms with Gasteiger partial charge in [-0.1, -0.05) is 0 Å². The van der Waals surface area contributed by atoms with Gasteiger partial charge in [0.15, 0.2) is 0 Å². The molecule has 0 bridgehead atoms. The van der Waals surface area contributed by atoms with Crippen LogP contribution in [0.3, 0.4) is 0 Å². The number of methoxy groups -OCH3 is 1. The van der Waals surface area contributed by atoms with Crippen LogP contribution in [-0.2, 0) is 11.8 Å². The van der Waals surface area contributed by atoms with Crippen LogP contribution in [0.15, 0.2) is 43.1 Å². The van der Waals surface area contributed by atoms with Crippen molar-refractivity contribution in [3.8, 4) is 17.0 Å². The number of ether oxygens (including phenoxy) is 1. The number of pyridine rings is 3. The van der Waals surface area contributed by atoms with Crippen LogP contribution in [0.1, 0.15) is 23.5 Å². The highest BCUT2D eigenvalue weighted by molar-refractivity contribution is 5.98. The summed E-state index contributed by atoms with van der Waals surface area (Å²) in [5.41, 5.74) is 9.73. The van der Waals surface area contributed by atoms with Gasteiger partial charge in [0, 0.05) is 48.1 Å². The molecule has 0 spiro atoms. The van der Waals surface area contributed by atoms with E-state index in [0.717, 1.165) is 33.9 Å². The Hall–Kier alpha value is -4.01. The summed E-state index contributed by atoms with van der Waals surface area (Å²) < 4.78 is 7.13. The van der Waals surface area contributed by atoms with E-state index >= 15 is 0 Å². The predicted octanol–water partition coefficient (Wildman–Crippen LogP) is 3.07. The molecule has 0 radical (unpaired) electrons. The predicted molar refractivity (Wildman–Crippen MR) is 121 cm³/mol. The number of aryl methyl sites for hydroxylation is 1. The first kappa shape index (κ1) is 19.9. The number of carbonyl (C=O) groups is 1. The normalized spacial score (nSPS) is 17.3. The van der Waals surface area contributed by atoms with Gasteiger partial charge < -0.3 is 15.8 Å². The quantitative estimate of drug-likeness (QED) is 0.500. The SMILES string of the molecule is COc1cncc(-c2cc3cc(NC(=O)[C@@H]4C[C@H]4c4cnn(C)c4)ncc3c(N)n2)c1C. The summed E-state index contributed by atoms with van der Waals surface area (Å²) in [7, 11) is 3.48. The van der Waals surface area contributed by atoms with Gasteiger partial charge >= 0.3 is 0 Å². The molecule has 32 heavy (non-hydrogen) atoms. The summed E-state index contributed by atoms with van der Waals surface area (Å²) in [5.74, 6) is 1.62. The first-order chi connectivity index (χ1) is 15.4. The molecule has 1 amide bonds. The van der Waals surface area contributed by atoms with Crippen LogP contribution in [0.4, 0.5) is 11.6 Å². The van der Waals surface area contributed by atoms with Crippen molar-refractivity contribution in [2.24, 2.45) is 13.0 Å². The zero-order valence-corrected chi connectivity index (χ0v) is 18.0. The Morgan fingerprint density at radius 3 is 2.84 bits per heavy atom. The maximum absolute atomic E-state index is 12.7. The molecule has 162 valence electrons. The molecule has 1 aliphatic carbocycles. The number of aromatic nitrogens is 5. The summed E-state index contributed by atoms with van der Waals surface area (Å²) in [6.45, 7) is 1.95. The molecule has 9 heteroatoms. The molecule has 5 rings (SSSR count). The number of amides is 1. The van der Waals surface area contributed by atoms with Gasteiger partial charge in [-0.3, -0.25) is 14.5 Å². The Labute approximate surface area is 184 Å². The van der Waals surface area contributed by atoms with Crippen LogP contribution in [0.2, 0.25) is 0 Å². The fourth-order valence-corrected chi connectivity index (χ4v) is 4.05. The summed E-state index contributed by atoms with van der Waals surface area (Å²) in [5, 5.41) is 8.69. The van der Waals surface area contributed by atoms with E-state index in [4.69, 9.17) is 10.5 Å². The topological polar surface area (TPSA) is 121 Å². The zero-order chi connectivity index (χ0) is 22.4. The molecule has 0 saturated heterocycles. The molecule has 4 aromatic heterocycles. The van der Waals surface area contributed by atoms with E-state index in [0.29, 0.717) is 23.1 Å². The van der Waals surface area contributed by atoms with Gasteiger partial charge in [0.05, 0.1) is 25.2 Å². The molecule has 0 aliphatic heterocycles. The van der Waals surface area contributed by atoms with Crippen molar-refractivity contribution in [2.45, 2.75) is 19.3 Å². The van der Waals surface area contributed by atoms with Gasteiger partial charge in [0.25, 0.3) is 0 Å². The third kappa shape index (κ3) is 3.51. The number of rotatable bonds is 5. The lowest BCUT2D eigenvalue weighted by molar-refractivity contribution is -0.117. The van der Waals surface area contributed by atoms with Gasteiger partial charge in [-0.05, 0) is 42.3 Å². The van der Waals surface area contributed by atoms with Crippen molar-refractivity contribution in [3.05, 3.63) is 54.2 Å². The van der Waals surface area contributed by atoms with Crippen LogP contribution in [0.25, 0.3) is 22.0 Å². The van der Waals surface area contributed by atoms with E-state index in [-0.39, 0.29) is 17.7 Å². The Morgan fingerprint density at radius 1 is 1.25 bits per heavy atom. The van der Waals surface area contributed by atoms with Crippen molar-refractivity contribution >= 4 is 28.3 Å². The minimum atomic E-state index is -0.0692. The molecule has 4 aromatic rings. The monoisotopic (exact) mass is 429 g/mol. The highest BCUT2D eigenvalue weighted by atomic mass is 16.5. The largest absolute Gasteiger partial charge is 0.495 e. The van der Waals surface area contributed by atoms with E-state index in [1.54, 1.807) is 30.4 Å². The molecule has 0 aromatic carbocycles. The lowest BCUT2D eigenvalue weighted by Gasteiger charge is -2.12. The van der Waals surface area contributed by atoms with Crippen molar-refractivity contribution in [3.63, 3.8) is 0 Å². The van der Waals surface area contributed by atoms with Gasteiger partial charge in [-0.2, -0.15) is 5.10 Å². The summed E-state index contributed by atoms with van der Waals surface area (Å²) in [6, 6.07) is 3.74. The molecule has 3 N–H and O–H groups in total. The first-order valence-electron chi connectivity index (χ1n) is 10.3. The van der Waals surface area contributed by atoms with Crippen LogP contribution < -0.4 is 15.8 Å². The number of carbonyl (C=O) groups excluding carboxylic acids is 1. The standard InChI is InChI=1S/C23H23N7O2/c1-12-17(8-25-10-20(12)32-3)19-4-13-5-21(26-9-18(13)22(24)28-19)29-23(31)16-6-15(16)14-7-27-30(2)11-14/h4-5,7-11,15-16H,6H2,1-3H3,(H2,24,28)(H,26,29,31)/t15-,16+/m0/s1. The number of hydrogen-bond acceptors (Lipinski definition) is 7. The highest BCUT2D eigenvalue weighted by Gasteiger charge is 2.44. The van der Waals surface area contributed by atoms with Crippen LogP contribution >= 0.6 is 0 Å². The Morgan fingerprint density at radius 2 is 2.09 bits per heavy atom. The van der Waals surface area contributed by atoms with E-state index in [2.05, 4.69) is 25.4 Å². The Balaban J connectivity index is 1.42. The van der Waals surface area contributed by atoms with Crippen LogP contribution in [0.5, 0.6) is 5.75 Å². The first-order valence-corrected chi connectivity index (χ1v) is 10.3. The van der Waals surface area contributed by atoms with Crippen LogP contribution in [-0.4, -0.2) is 37.7 Å². The van der Waals surface area contributed by atoms with Crippen molar-refractivity contribution in [2.75, 3.05) is 18.2 Å². The minimum absolute atomic E-state index is 0.0409. The second-order valence-corrected chi connectivity index (χ2v) is 8.08. The third-order valence-electron chi connectivity index (χ3n) is 5.94. The molecule has 1 saturated carbocycles. The second kappa shape index (κ2) is 7.60. The van der Waals surface area contributed by atoms with E-state index < -0.39 is 0 Å². The molecule has 9 nitrogen and oxygen atoms in total. The molecule has 1 fully saturated rings. The van der Waals surface area contributed by atoms with E-state index in [1.165, 1.54) is 0 Å². The number of nitrogens with zero attached hydrogens (tertiary/aromatic N) is 5. The number of anilines is 2. The zero-order valence-electron chi connectivity index (χ0n) is 18.0. The van der Waals surface area contributed by atoms with Gasteiger partial charge in [-0.15, -0.1) is 0 Å². The van der Waals surface area contributed by atoms with Gasteiger partial charge in [0.2, 0.25) is 5.91 Å². The molecule has 0 unspecified atom stereocenters. The molecular formula is C23H23N7O2. The fraction of sp³-hybridized carbons (Fsp3) is 0.261. The lowest BCUT2D eigenvalue weighted by atomic mass is 10.0. The number of nitrogens with one attached hydrogen (secondary N) is 1. The Kier molecular flexibility index (Phi) is 4.73. The van der Waals surface area contributed by atoms with Crippen molar-refractivity contribution in [1.29, 1.82) is 0 Å². The minimum Gasteiger partial charge on any atom is -0.495 e. The number of hydrogen-bond donors (Lipinski definition) is 2. The number of nitrogen functional groups attached to an aromatic ring is 1. The van der Waals surface area contributed by atoms with Crippen molar-refractivity contribution in [1.82, 2.24) is 24.7 Å². The fourth-order valence-electron chi connectivity index (χ4n) is 4.05. The molecule has 2 atom stereocenters. The smallest absolute Gasteiger partial charge is 0.229 e. The van der Waals surface area contributed by atoms with Gasteiger partial charge in [0.1, 0.15) is 17.4 Å². The van der Waals surface area contributed by atoms with E-state index in [9.17, 15) is 4.79 Å². The Bertz CT molecular complexity index is 1350. The number of nitrogens with two attached hydrogens (primary N) is 1. The maximum atomic E-state index is 12.7. The second-order valence-electron chi connectivity index (χ2n) is 8.08. The lowest BCUT2D eigenvalue weighted by Crippen LogP contribution is -2.15. The summed E-state index contributed by atoms with van der Waals surface area (Å²) >= 11 is 0. The highest BCUT2D eigenvalue weighted by Crippen LogP contribution is 2.47. The molecule has 1 aliphatic rings. The molecular weight excluding hydrogens is 406 g/mol. The number of fused-ring (bicyclic) bond motifs is 1. The van der Waals surface area contributed by atoms with Crippen LogP contribution in [0, 0.1) is 12.8 Å². The average Bonchev–Trinajstić information content (AvgIpc) is 3.47. The molecule has 4 heterocycles. The maximum Gasteiger partial charge on any atom is 0.229 e. The van der Waals surface area contributed by atoms with Crippen molar-refractivity contribution < 1.29 is 9.53 Å². The summed E-state index contributed by atoms with van der Waals surface area (Å²) in [6.07, 6.45) is 9.63. The average molecular weight is 429 g/mol. The summed E-state index contributed by atoms with van der Waals surface area (Å²) in [4.78, 5) is 25.9. The van der Waals surface area contributed by atoms with E-state index in [1.807, 2.05) is 38.5 Å².